The van der Waals surface area contributed by atoms with Crippen molar-refractivity contribution in [2.45, 2.75) is 6.92 Å². The number of fused-ring (bicyclic) bond motifs is 1. The quantitative estimate of drug-likeness (QED) is 0.798. The van der Waals surface area contributed by atoms with Crippen molar-refractivity contribution in [1.82, 2.24) is 4.98 Å². The number of ether oxygens (including phenoxy) is 1. The van der Waals surface area contributed by atoms with Crippen molar-refractivity contribution in [1.29, 1.82) is 0 Å². The lowest BCUT2D eigenvalue weighted by molar-refractivity contribution is -0.132. The van der Waals surface area contributed by atoms with Gasteiger partial charge in [0.15, 0.2) is 0 Å². The van der Waals surface area contributed by atoms with Crippen LogP contribution in [0, 0.1) is 0 Å². The second-order valence-corrected chi connectivity index (χ2v) is 3.79. The lowest BCUT2D eigenvalue weighted by Gasteiger charge is -2.00. The van der Waals surface area contributed by atoms with Gasteiger partial charge in [-0.1, -0.05) is 0 Å². The number of carboxylic acid groups (broad SMARTS) is 1. The Morgan fingerprint density at radius 1 is 1.47 bits per heavy atom. The van der Waals surface area contributed by atoms with Crippen LogP contribution in [0.5, 0.6) is 5.75 Å². The molecule has 2 rings (SSSR count). The second-order valence-electron chi connectivity index (χ2n) is 3.79. The fourth-order valence-electron chi connectivity index (χ4n) is 1.66. The van der Waals surface area contributed by atoms with Gasteiger partial charge in [-0.15, -0.1) is 0 Å². The fraction of sp³-hybridized carbons (Fsp3) is 0.154. The Hall–Kier alpha value is -2.23. The van der Waals surface area contributed by atoms with Crippen LogP contribution in [0.1, 0.15) is 12.5 Å². The molecule has 0 bridgehead atoms. The first kappa shape index (κ1) is 11.3. The summed E-state index contributed by atoms with van der Waals surface area (Å²) in [7, 11) is 1.60. The molecule has 2 N–H and O–H groups in total. The molecule has 0 unspecified atom stereocenters. The van der Waals surface area contributed by atoms with Crippen LogP contribution in [-0.2, 0) is 4.79 Å². The molecule has 0 aliphatic carbocycles. The van der Waals surface area contributed by atoms with Crippen LogP contribution < -0.4 is 4.74 Å². The Kier molecular flexibility index (Phi) is 2.87. The molecule has 0 radical (unpaired) electrons. The maximum absolute atomic E-state index is 10.8. The Morgan fingerprint density at radius 2 is 2.24 bits per heavy atom. The zero-order chi connectivity index (χ0) is 12.4. The van der Waals surface area contributed by atoms with Gasteiger partial charge in [-0.25, -0.2) is 4.79 Å². The van der Waals surface area contributed by atoms with Gasteiger partial charge in [0.1, 0.15) is 5.75 Å². The predicted octanol–water partition coefficient (Wildman–Crippen LogP) is 2.66. The summed E-state index contributed by atoms with van der Waals surface area (Å²) in [6.45, 7) is 1.57. The van der Waals surface area contributed by atoms with E-state index in [4.69, 9.17) is 9.84 Å². The Labute approximate surface area is 98.5 Å². The first-order valence-corrected chi connectivity index (χ1v) is 5.18. The highest BCUT2D eigenvalue weighted by molar-refractivity contribution is 5.97. The van der Waals surface area contributed by atoms with Gasteiger partial charge in [0.25, 0.3) is 0 Å². The van der Waals surface area contributed by atoms with E-state index in [1.165, 1.54) is 0 Å². The van der Waals surface area contributed by atoms with Gasteiger partial charge in [0, 0.05) is 28.2 Å². The summed E-state index contributed by atoms with van der Waals surface area (Å²) in [5, 5.41) is 9.80. The predicted molar refractivity (Wildman–Crippen MR) is 66.1 cm³/mol. The smallest absolute Gasteiger partial charge is 0.331 e. The van der Waals surface area contributed by atoms with Crippen molar-refractivity contribution in [3.05, 3.63) is 35.5 Å². The number of nitrogens with one attached hydrogen (secondary N) is 1. The number of hydrogen-bond acceptors (Lipinski definition) is 2. The van der Waals surface area contributed by atoms with Crippen molar-refractivity contribution in [3.63, 3.8) is 0 Å². The molecule has 0 fully saturated rings. The summed E-state index contributed by atoms with van der Waals surface area (Å²) in [6.07, 6.45) is 3.43. The molecule has 1 heterocycles. The van der Waals surface area contributed by atoms with Crippen molar-refractivity contribution in [2.24, 2.45) is 0 Å². The van der Waals surface area contributed by atoms with Gasteiger partial charge < -0.3 is 14.8 Å². The van der Waals surface area contributed by atoms with Gasteiger partial charge in [0.05, 0.1) is 7.11 Å². The van der Waals surface area contributed by atoms with Crippen LogP contribution in [-0.4, -0.2) is 23.2 Å². The van der Waals surface area contributed by atoms with Gasteiger partial charge in [-0.05, 0) is 31.2 Å². The van der Waals surface area contributed by atoms with Crippen LogP contribution in [0.4, 0.5) is 0 Å². The molecule has 0 aliphatic heterocycles. The van der Waals surface area contributed by atoms with Crippen molar-refractivity contribution in [3.8, 4) is 5.75 Å². The monoisotopic (exact) mass is 231 g/mol. The molecule has 0 atom stereocenters. The molecule has 17 heavy (non-hydrogen) atoms. The second kappa shape index (κ2) is 4.33. The number of aromatic amines is 1. The molecule has 4 heteroatoms. The molecule has 1 aromatic carbocycles. The third-order valence-corrected chi connectivity index (χ3v) is 2.63. The minimum atomic E-state index is -0.915. The largest absolute Gasteiger partial charge is 0.497 e. The van der Waals surface area contributed by atoms with E-state index in [0.29, 0.717) is 5.57 Å². The first-order chi connectivity index (χ1) is 8.11. The van der Waals surface area contributed by atoms with E-state index >= 15 is 0 Å². The number of H-pyrrole nitrogens is 1. The van der Waals surface area contributed by atoms with E-state index in [9.17, 15) is 4.79 Å². The van der Waals surface area contributed by atoms with Crippen LogP contribution in [0.3, 0.4) is 0 Å². The fourth-order valence-corrected chi connectivity index (χ4v) is 1.66. The Balaban J connectivity index is 2.55. The number of rotatable bonds is 3. The molecule has 4 nitrogen and oxygen atoms in total. The molecule has 88 valence electrons. The minimum Gasteiger partial charge on any atom is -0.497 e. The first-order valence-electron chi connectivity index (χ1n) is 5.18. The number of aromatic nitrogens is 1. The third kappa shape index (κ3) is 2.15. The van der Waals surface area contributed by atoms with E-state index in [2.05, 4.69) is 4.98 Å². The SMILES string of the molecule is COc1ccc2[nH]cc(/C=C(\C)C(=O)O)c2c1. The molecule has 0 aliphatic rings. The van der Waals surface area contributed by atoms with Crippen LogP contribution in [0.2, 0.25) is 0 Å². The number of aliphatic carboxylic acids is 1. The normalized spacial score (nSPS) is 11.8. The lowest BCUT2D eigenvalue weighted by atomic mass is 10.1. The van der Waals surface area contributed by atoms with E-state index in [1.54, 1.807) is 26.3 Å². The summed E-state index contributed by atoms with van der Waals surface area (Å²) in [5.74, 6) is -0.165. The standard InChI is InChI=1S/C13H13NO3/c1-8(13(15)16)5-9-7-14-12-4-3-10(17-2)6-11(9)12/h3-7,14H,1-2H3,(H,15,16)/b8-5+. The lowest BCUT2D eigenvalue weighted by Crippen LogP contribution is -1.95. The maximum Gasteiger partial charge on any atom is 0.331 e. The number of carboxylic acids is 1. The van der Waals surface area contributed by atoms with Gasteiger partial charge in [0.2, 0.25) is 0 Å². The topological polar surface area (TPSA) is 62.3 Å². The molecular formula is C13H13NO3. The Morgan fingerprint density at radius 3 is 2.88 bits per heavy atom. The van der Waals surface area contributed by atoms with Gasteiger partial charge in [-0.3, -0.25) is 0 Å². The molecular weight excluding hydrogens is 218 g/mol. The highest BCUT2D eigenvalue weighted by atomic mass is 16.5. The number of benzene rings is 1. The highest BCUT2D eigenvalue weighted by Gasteiger charge is 2.05. The van der Waals surface area contributed by atoms with E-state index in [-0.39, 0.29) is 0 Å². The van der Waals surface area contributed by atoms with E-state index in [0.717, 1.165) is 22.2 Å². The number of carbonyl (C=O) groups is 1. The molecule has 1 aromatic heterocycles. The molecule has 2 aromatic rings. The molecule has 0 amide bonds. The average molecular weight is 231 g/mol. The van der Waals surface area contributed by atoms with Gasteiger partial charge >= 0.3 is 5.97 Å². The number of methoxy groups -OCH3 is 1. The van der Waals surface area contributed by atoms with E-state index < -0.39 is 5.97 Å². The van der Waals surface area contributed by atoms with Gasteiger partial charge in [-0.2, -0.15) is 0 Å². The summed E-state index contributed by atoms with van der Waals surface area (Å²) in [4.78, 5) is 13.9. The summed E-state index contributed by atoms with van der Waals surface area (Å²) in [5.41, 5.74) is 2.10. The Bertz CT molecular complexity index is 596. The summed E-state index contributed by atoms with van der Waals surface area (Å²) in [6, 6.07) is 5.64. The molecule has 0 saturated heterocycles. The molecule has 0 saturated carbocycles. The van der Waals surface area contributed by atoms with Crippen LogP contribution >= 0.6 is 0 Å². The van der Waals surface area contributed by atoms with Crippen molar-refractivity contribution in [2.75, 3.05) is 7.11 Å². The third-order valence-electron chi connectivity index (χ3n) is 2.63. The maximum atomic E-state index is 10.8. The van der Waals surface area contributed by atoms with Crippen LogP contribution in [0.15, 0.2) is 30.0 Å². The highest BCUT2D eigenvalue weighted by Crippen LogP contribution is 2.25. The van der Waals surface area contributed by atoms with Crippen molar-refractivity contribution >= 4 is 22.9 Å². The summed E-state index contributed by atoms with van der Waals surface area (Å²) >= 11 is 0. The minimum absolute atomic E-state index is 0.300. The van der Waals surface area contributed by atoms with E-state index in [1.807, 2.05) is 18.2 Å². The average Bonchev–Trinajstić information content (AvgIpc) is 2.71. The molecule has 0 spiro atoms. The zero-order valence-electron chi connectivity index (χ0n) is 9.65. The zero-order valence-corrected chi connectivity index (χ0v) is 9.65. The summed E-state index contributed by atoms with van der Waals surface area (Å²) < 4.78 is 5.15. The van der Waals surface area contributed by atoms with Crippen LogP contribution in [0.25, 0.3) is 17.0 Å². The number of hydrogen-bond donors (Lipinski definition) is 2. The van der Waals surface area contributed by atoms with Crippen molar-refractivity contribution < 1.29 is 14.6 Å².